The monoisotopic (exact) mass is 286 g/mol. The Bertz CT molecular complexity index is 463. The van der Waals surface area contributed by atoms with Gasteiger partial charge in [-0.05, 0) is 20.1 Å². The number of nitrogens with two attached hydrogens (primary N) is 1. The van der Waals surface area contributed by atoms with Crippen molar-refractivity contribution in [2.75, 3.05) is 31.0 Å². The number of hydrogen-bond donors (Lipinski definition) is 2. The minimum absolute atomic E-state index is 0.386. The number of ether oxygens (including phenoxy) is 1. The van der Waals surface area contributed by atoms with Crippen LogP contribution in [0.15, 0.2) is 16.5 Å². The van der Waals surface area contributed by atoms with Crippen molar-refractivity contribution in [1.82, 2.24) is 0 Å². The zero-order chi connectivity index (χ0) is 13.7. The molecule has 0 aliphatic heterocycles. The Morgan fingerprint density at radius 2 is 2.22 bits per heavy atom. The third-order valence-electron chi connectivity index (χ3n) is 2.25. The zero-order valence-electron chi connectivity index (χ0n) is 11.0. The number of methoxy groups -OCH3 is 1. The molecule has 1 rings (SSSR count). The largest absolute Gasteiger partial charge is 0.465 e. The Morgan fingerprint density at radius 3 is 2.72 bits per heavy atom. The smallest absolute Gasteiger partial charge is 0.350 e. The van der Waals surface area contributed by atoms with Crippen LogP contribution in [-0.2, 0) is 4.74 Å². The summed E-state index contributed by atoms with van der Waals surface area (Å²) < 4.78 is 4.72. The number of hydrogen-bond acceptors (Lipinski definition) is 6. The summed E-state index contributed by atoms with van der Waals surface area (Å²) in [5.41, 5.74) is 7.70. The van der Waals surface area contributed by atoms with Crippen molar-refractivity contribution >= 4 is 39.8 Å². The number of allylic oxidation sites excluding steroid dienone is 1. The van der Waals surface area contributed by atoms with Crippen LogP contribution in [0.1, 0.15) is 23.5 Å². The van der Waals surface area contributed by atoms with Gasteiger partial charge in [0.1, 0.15) is 9.88 Å². The number of nitrogens with one attached hydrogen (secondary N) is 1. The molecular weight excluding hydrogens is 268 g/mol. The summed E-state index contributed by atoms with van der Waals surface area (Å²) in [4.78, 5) is 12.9. The maximum atomic E-state index is 11.6. The van der Waals surface area contributed by atoms with Gasteiger partial charge in [-0.2, -0.15) is 0 Å². The average molecular weight is 286 g/mol. The van der Waals surface area contributed by atoms with Gasteiger partial charge in [-0.1, -0.05) is 11.6 Å². The minimum Gasteiger partial charge on any atom is -0.465 e. The molecule has 0 amide bonds. The van der Waals surface area contributed by atoms with E-state index in [0.717, 1.165) is 16.4 Å². The Labute approximate surface area is 116 Å². The molecule has 0 aliphatic carbocycles. The second-order valence-electron chi connectivity index (χ2n) is 3.86. The summed E-state index contributed by atoms with van der Waals surface area (Å²) in [6.07, 6.45) is 4.02. The lowest BCUT2D eigenvalue weighted by Gasteiger charge is -2.03. The normalized spacial score (nSPS) is 10.0. The highest BCUT2D eigenvalue weighted by atomic mass is 32.2. The van der Waals surface area contributed by atoms with E-state index in [1.165, 1.54) is 35.8 Å². The lowest BCUT2D eigenvalue weighted by Crippen LogP contribution is -2.01. The van der Waals surface area contributed by atoms with Crippen molar-refractivity contribution in [3.8, 4) is 0 Å². The van der Waals surface area contributed by atoms with Gasteiger partial charge in [0, 0.05) is 6.54 Å². The van der Waals surface area contributed by atoms with Gasteiger partial charge in [-0.15, -0.1) is 23.1 Å². The molecule has 4 nitrogen and oxygen atoms in total. The van der Waals surface area contributed by atoms with E-state index >= 15 is 0 Å². The molecule has 0 unspecified atom stereocenters. The van der Waals surface area contributed by atoms with E-state index < -0.39 is 0 Å². The topological polar surface area (TPSA) is 64.3 Å². The van der Waals surface area contributed by atoms with E-state index in [-0.39, 0.29) is 5.97 Å². The van der Waals surface area contributed by atoms with Crippen LogP contribution in [0.25, 0.3) is 0 Å². The standard InChI is InChI=1S/C12H18N2O2S2/c1-7(2)5-6-14-11-9(17-4)8(13)10(18-11)12(15)16-3/h5,14H,6,13H2,1-4H3. The summed E-state index contributed by atoms with van der Waals surface area (Å²) in [5, 5.41) is 4.18. The van der Waals surface area contributed by atoms with E-state index in [9.17, 15) is 4.79 Å². The van der Waals surface area contributed by atoms with Crippen LogP contribution >= 0.6 is 23.1 Å². The lowest BCUT2D eigenvalue weighted by atomic mass is 10.3. The van der Waals surface area contributed by atoms with E-state index in [1.54, 1.807) is 0 Å². The number of carbonyl (C=O) groups excluding carboxylic acids is 1. The van der Waals surface area contributed by atoms with Gasteiger partial charge in [0.2, 0.25) is 0 Å². The van der Waals surface area contributed by atoms with Gasteiger partial charge in [0.15, 0.2) is 0 Å². The number of thiophene rings is 1. The van der Waals surface area contributed by atoms with Crippen LogP contribution < -0.4 is 11.1 Å². The highest BCUT2D eigenvalue weighted by molar-refractivity contribution is 7.99. The van der Waals surface area contributed by atoms with Crippen LogP contribution in [0.2, 0.25) is 0 Å². The van der Waals surface area contributed by atoms with Crippen molar-refractivity contribution in [2.45, 2.75) is 18.7 Å². The van der Waals surface area contributed by atoms with Crippen molar-refractivity contribution in [3.63, 3.8) is 0 Å². The van der Waals surface area contributed by atoms with Gasteiger partial charge >= 0.3 is 5.97 Å². The third kappa shape index (κ3) is 3.43. The zero-order valence-corrected chi connectivity index (χ0v) is 12.6. The number of thioether (sulfide) groups is 1. The fraction of sp³-hybridized carbons (Fsp3) is 0.417. The maximum Gasteiger partial charge on any atom is 0.350 e. The molecule has 1 aromatic rings. The molecule has 0 aliphatic rings. The fourth-order valence-electron chi connectivity index (χ4n) is 1.34. The lowest BCUT2D eigenvalue weighted by molar-refractivity contribution is 0.0607. The first-order valence-corrected chi connectivity index (χ1v) is 7.47. The first-order valence-electron chi connectivity index (χ1n) is 5.43. The van der Waals surface area contributed by atoms with Crippen LogP contribution in [0.4, 0.5) is 10.7 Å². The highest BCUT2D eigenvalue weighted by Gasteiger charge is 2.20. The van der Waals surface area contributed by atoms with Gasteiger partial charge in [0.05, 0.1) is 17.7 Å². The highest BCUT2D eigenvalue weighted by Crippen LogP contribution is 2.41. The number of carbonyl (C=O) groups is 1. The quantitative estimate of drug-likeness (QED) is 0.494. The van der Waals surface area contributed by atoms with Crippen molar-refractivity contribution in [2.24, 2.45) is 0 Å². The maximum absolute atomic E-state index is 11.6. The van der Waals surface area contributed by atoms with E-state index in [4.69, 9.17) is 10.5 Å². The number of rotatable bonds is 5. The number of esters is 1. The summed E-state index contributed by atoms with van der Waals surface area (Å²) in [6.45, 7) is 4.80. The molecule has 100 valence electrons. The Balaban J connectivity index is 2.97. The molecule has 3 N–H and O–H groups in total. The molecule has 1 heterocycles. The fourth-order valence-corrected chi connectivity index (χ4v) is 3.30. The molecule has 0 spiro atoms. The summed E-state index contributed by atoms with van der Waals surface area (Å²) in [7, 11) is 1.36. The Morgan fingerprint density at radius 1 is 1.56 bits per heavy atom. The first kappa shape index (κ1) is 14.9. The summed E-state index contributed by atoms with van der Waals surface area (Å²) >= 11 is 2.86. The third-order valence-corrected chi connectivity index (χ3v) is 4.35. The molecule has 18 heavy (non-hydrogen) atoms. The Kier molecular flexibility index (Phi) is 5.55. The molecule has 0 atom stereocenters. The van der Waals surface area contributed by atoms with Crippen LogP contribution in [0.5, 0.6) is 0 Å². The van der Waals surface area contributed by atoms with E-state index in [2.05, 4.69) is 11.4 Å². The van der Waals surface area contributed by atoms with Gasteiger partial charge < -0.3 is 15.8 Å². The molecule has 1 aromatic heterocycles. The molecule has 0 fully saturated rings. The molecular formula is C12H18N2O2S2. The summed E-state index contributed by atoms with van der Waals surface area (Å²) in [5.74, 6) is -0.386. The molecule has 6 heteroatoms. The van der Waals surface area contributed by atoms with Crippen LogP contribution in [-0.4, -0.2) is 25.9 Å². The average Bonchev–Trinajstić information content (AvgIpc) is 2.64. The van der Waals surface area contributed by atoms with Gasteiger partial charge in [-0.3, -0.25) is 0 Å². The number of anilines is 2. The second-order valence-corrected chi connectivity index (χ2v) is 5.70. The SMILES string of the molecule is COC(=O)c1sc(NCC=C(C)C)c(SC)c1N. The van der Waals surface area contributed by atoms with Crippen molar-refractivity contribution in [3.05, 3.63) is 16.5 Å². The molecule has 0 bridgehead atoms. The van der Waals surface area contributed by atoms with Gasteiger partial charge in [0.25, 0.3) is 0 Å². The van der Waals surface area contributed by atoms with Crippen molar-refractivity contribution in [1.29, 1.82) is 0 Å². The molecule has 0 radical (unpaired) electrons. The predicted octanol–water partition coefficient (Wildman–Crippen LogP) is 3.22. The minimum atomic E-state index is -0.386. The van der Waals surface area contributed by atoms with Gasteiger partial charge in [-0.25, -0.2) is 4.79 Å². The molecule has 0 saturated carbocycles. The van der Waals surface area contributed by atoms with Crippen molar-refractivity contribution < 1.29 is 9.53 Å². The summed E-state index contributed by atoms with van der Waals surface area (Å²) in [6, 6.07) is 0. The van der Waals surface area contributed by atoms with E-state index in [0.29, 0.717) is 10.6 Å². The van der Waals surface area contributed by atoms with Crippen LogP contribution in [0, 0.1) is 0 Å². The molecule has 0 aromatic carbocycles. The predicted molar refractivity (Wildman–Crippen MR) is 79.8 cm³/mol. The van der Waals surface area contributed by atoms with E-state index in [1.807, 2.05) is 20.1 Å². The first-order chi connectivity index (χ1) is 8.51. The van der Waals surface area contributed by atoms with Crippen LogP contribution in [0.3, 0.4) is 0 Å². The molecule has 0 saturated heterocycles. The Hall–Kier alpha value is -1.14. The second kappa shape index (κ2) is 6.70. The number of nitrogen functional groups attached to an aromatic ring is 1.